The predicted molar refractivity (Wildman–Crippen MR) is 151 cm³/mol. The number of nitrogens with one attached hydrogen (secondary N) is 1. The van der Waals surface area contributed by atoms with Gasteiger partial charge >= 0.3 is 0 Å². The van der Waals surface area contributed by atoms with Crippen molar-refractivity contribution in [3.8, 4) is 11.3 Å². The third kappa shape index (κ3) is 4.20. The van der Waals surface area contributed by atoms with Crippen LogP contribution in [0.2, 0.25) is 5.02 Å². The van der Waals surface area contributed by atoms with Gasteiger partial charge in [0.1, 0.15) is 11.5 Å². The number of likely N-dealkylation sites (N-methyl/N-ethyl adjacent to an activating group) is 1. The van der Waals surface area contributed by atoms with E-state index in [9.17, 15) is 14.5 Å². The van der Waals surface area contributed by atoms with Crippen molar-refractivity contribution in [3.05, 3.63) is 81.9 Å². The molecular weight excluding hydrogens is 521 g/mol. The summed E-state index contributed by atoms with van der Waals surface area (Å²) < 4.78 is 16.1. The zero-order valence-electron chi connectivity index (χ0n) is 21.7. The first-order valence-electron chi connectivity index (χ1n) is 12.6. The van der Waals surface area contributed by atoms with Crippen molar-refractivity contribution in [1.29, 1.82) is 0 Å². The number of nitro benzene ring substituents is 1. The number of nitro groups is 1. The highest BCUT2D eigenvalue weighted by atomic mass is 35.5. The molecule has 6 rings (SSSR count). The average Bonchev–Trinajstić information content (AvgIpc) is 3.48. The van der Waals surface area contributed by atoms with Gasteiger partial charge in [-0.3, -0.25) is 10.1 Å². The summed E-state index contributed by atoms with van der Waals surface area (Å²) in [6, 6.07) is 10.3. The minimum absolute atomic E-state index is 0.0143. The lowest BCUT2D eigenvalue weighted by atomic mass is 9.70. The van der Waals surface area contributed by atoms with E-state index >= 15 is 0 Å². The fourth-order valence-corrected chi connectivity index (χ4v) is 6.14. The summed E-state index contributed by atoms with van der Waals surface area (Å²) in [4.78, 5) is 24.9. The van der Waals surface area contributed by atoms with Crippen LogP contribution in [0, 0.1) is 21.3 Å². The average molecular weight is 548 g/mol. The number of aromatic nitrogens is 3. The molecule has 0 amide bonds. The molecule has 1 N–H and O–H groups in total. The van der Waals surface area contributed by atoms with Gasteiger partial charge in [-0.1, -0.05) is 35.9 Å². The largest absolute Gasteiger partial charge is 0.365 e. The van der Waals surface area contributed by atoms with Crippen LogP contribution in [-0.4, -0.2) is 57.6 Å². The van der Waals surface area contributed by atoms with E-state index in [-0.39, 0.29) is 27.8 Å². The topological polar surface area (TPSA) is 92.4 Å². The maximum absolute atomic E-state index is 14.4. The molecule has 2 atom stereocenters. The van der Waals surface area contributed by atoms with Crippen molar-refractivity contribution < 1.29 is 9.31 Å². The standard InChI is InChI=1S/C28H27ClFN7O2/c1-34(2)24-9-10-28(24)11-12-36(16-28)22-8-7-17(13-23(22)37(38)39)32-27-31-14-20(29)25(33-27)19-15-35(3)26-18(19)5-4-6-21(26)30/h4-10,13-15,24H,11-12,16H2,1-3H3,(H,31,32,33)/t24?,28-/m1/s1. The maximum Gasteiger partial charge on any atom is 0.294 e. The van der Waals surface area contributed by atoms with Crippen molar-refractivity contribution in [2.75, 3.05) is 37.4 Å². The van der Waals surface area contributed by atoms with Crippen LogP contribution in [-0.2, 0) is 7.05 Å². The van der Waals surface area contributed by atoms with Crippen LogP contribution in [0.1, 0.15) is 6.42 Å². The molecule has 9 nitrogen and oxygen atoms in total. The zero-order chi connectivity index (χ0) is 27.5. The molecular formula is C28H27ClFN7O2. The van der Waals surface area contributed by atoms with Crippen LogP contribution in [0.4, 0.5) is 27.4 Å². The minimum Gasteiger partial charge on any atom is -0.365 e. The van der Waals surface area contributed by atoms with E-state index in [4.69, 9.17) is 11.6 Å². The third-order valence-corrected chi connectivity index (χ3v) is 8.09. The Morgan fingerprint density at radius 3 is 2.82 bits per heavy atom. The van der Waals surface area contributed by atoms with E-state index in [1.807, 2.05) is 6.07 Å². The lowest BCUT2D eigenvalue weighted by molar-refractivity contribution is -0.384. The van der Waals surface area contributed by atoms with Gasteiger partial charge in [0.15, 0.2) is 0 Å². The highest BCUT2D eigenvalue weighted by Crippen LogP contribution is 2.47. The quantitative estimate of drug-likeness (QED) is 0.186. The lowest BCUT2D eigenvalue weighted by Crippen LogP contribution is -2.49. The van der Waals surface area contributed by atoms with E-state index in [1.54, 1.807) is 36.0 Å². The van der Waals surface area contributed by atoms with Crippen molar-refractivity contribution in [2.24, 2.45) is 12.5 Å². The van der Waals surface area contributed by atoms with E-state index < -0.39 is 0 Å². The summed E-state index contributed by atoms with van der Waals surface area (Å²) in [6.07, 6.45) is 8.61. The van der Waals surface area contributed by atoms with Gasteiger partial charge in [-0.15, -0.1) is 0 Å². The highest BCUT2D eigenvalue weighted by Gasteiger charge is 2.48. The van der Waals surface area contributed by atoms with Gasteiger partial charge in [-0.2, -0.15) is 0 Å². The number of nitrogens with zero attached hydrogens (tertiary/aromatic N) is 6. The summed E-state index contributed by atoms with van der Waals surface area (Å²) in [5.41, 5.74) is 2.64. The molecule has 2 aromatic heterocycles. The van der Waals surface area contributed by atoms with Crippen LogP contribution in [0.15, 0.2) is 60.9 Å². The Balaban J connectivity index is 1.30. The second kappa shape index (κ2) is 9.32. The predicted octanol–water partition coefficient (Wildman–Crippen LogP) is 5.78. The molecule has 39 heavy (non-hydrogen) atoms. The Morgan fingerprint density at radius 2 is 2.10 bits per heavy atom. The first kappa shape index (κ1) is 25.3. The van der Waals surface area contributed by atoms with Crippen LogP contribution in [0.25, 0.3) is 22.2 Å². The SMILES string of the molecule is CN(C)C1C=C[C@]12CCN(c1ccc(Nc3ncc(Cl)c(-c4cn(C)c5c(F)cccc45)n3)cc1[N+](=O)[O-])C2. The normalized spacial score (nSPS) is 20.3. The van der Waals surface area contributed by atoms with Gasteiger partial charge in [0.2, 0.25) is 5.95 Å². The number of halogens is 2. The van der Waals surface area contributed by atoms with E-state index in [0.29, 0.717) is 44.6 Å². The lowest BCUT2D eigenvalue weighted by Gasteiger charge is -2.44. The van der Waals surface area contributed by atoms with Crippen molar-refractivity contribution in [3.63, 3.8) is 0 Å². The third-order valence-electron chi connectivity index (χ3n) is 7.81. The molecule has 1 fully saturated rings. The van der Waals surface area contributed by atoms with Crippen LogP contribution in [0.5, 0.6) is 0 Å². The zero-order valence-corrected chi connectivity index (χ0v) is 22.5. The number of hydrogen-bond acceptors (Lipinski definition) is 7. The van der Waals surface area contributed by atoms with E-state index in [0.717, 1.165) is 19.5 Å². The van der Waals surface area contributed by atoms with Gasteiger partial charge < -0.3 is 19.7 Å². The maximum atomic E-state index is 14.4. The molecule has 4 aromatic rings. The second-order valence-corrected chi connectivity index (χ2v) is 10.8. The Kier molecular flexibility index (Phi) is 6.04. The fourth-order valence-electron chi connectivity index (χ4n) is 5.95. The first-order chi connectivity index (χ1) is 18.7. The highest BCUT2D eigenvalue weighted by molar-refractivity contribution is 6.33. The molecule has 1 spiro atoms. The van der Waals surface area contributed by atoms with Gasteiger partial charge in [-0.25, -0.2) is 14.4 Å². The second-order valence-electron chi connectivity index (χ2n) is 10.4. The number of aryl methyl sites for hydroxylation is 1. The molecule has 0 radical (unpaired) electrons. The molecule has 11 heteroatoms. The van der Waals surface area contributed by atoms with Crippen molar-refractivity contribution in [1.82, 2.24) is 19.4 Å². The van der Waals surface area contributed by atoms with Gasteiger partial charge in [0.05, 0.1) is 27.4 Å². The molecule has 200 valence electrons. The van der Waals surface area contributed by atoms with E-state index in [1.165, 1.54) is 18.3 Å². The molecule has 1 unspecified atom stereocenters. The monoisotopic (exact) mass is 547 g/mol. The number of rotatable bonds is 6. The summed E-state index contributed by atoms with van der Waals surface area (Å²) in [5, 5.41) is 16.1. The van der Waals surface area contributed by atoms with Crippen molar-refractivity contribution >= 4 is 45.5 Å². The molecule has 3 heterocycles. The molecule has 1 aliphatic heterocycles. The molecule has 2 aromatic carbocycles. The van der Waals surface area contributed by atoms with Gasteiger partial charge in [0.25, 0.3) is 5.69 Å². The number of hydrogen-bond donors (Lipinski definition) is 1. The van der Waals surface area contributed by atoms with Crippen LogP contribution < -0.4 is 10.2 Å². The summed E-state index contributed by atoms with van der Waals surface area (Å²) >= 11 is 6.45. The Labute approximate surface area is 229 Å². The number of anilines is 3. The van der Waals surface area contributed by atoms with Gasteiger partial charge in [0, 0.05) is 60.5 Å². The molecule has 1 saturated heterocycles. The summed E-state index contributed by atoms with van der Waals surface area (Å²) in [5.74, 6) is -0.120. The summed E-state index contributed by atoms with van der Waals surface area (Å²) in [6.45, 7) is 1.48. The molecule has 0 saturated carbocycles. The fraction of sp³-hybridized carbons (Fsp3) is 0.286. The number of fused-ring (bicyclic) bond motifs is 1. The van der Waals surface area contributed by atoms with Crippen LogP contribution >= 0.6 is 11.6 Å². The summed E-state index contributed by atoms with van der Waals surface area (Å²) in [7, 11) is 5.88. The van der Waals surface area contributed by atoms with Crippen molar-refractivity contribution in [2.45, 2.75) is 12.5 Å². The van der Waals surface area contributed by atoms with Crippen LogP contribution in [0.3, 0.4) is 0 Å². The number of para-hydroxylation sites is 1. The number of benzene rings is 2. The Morgan fingerprint density at radius 1 is 1.28 bits per heavy atom. The minimum atomic E-state index is -0.357. The molecule has 2 aliphatic rings. The molecule has 1 aliphatic carbocycles. The molecule has 0 bridgehead atoms. The Hall–Kier alpha value is -4.02. The smallest absolute Gasteiger partial charge is 0.294 e. The first-order valence-corrected chi connectivity index (χ1v) is 13.0. The van der Waals surface area contributed by atoms with Gasteiger partial charge in [-0.05, 0) is 38.7 Å². The Bertz CT molecular complexity index is 1650. The van der Waals surface area contributed by atoms with E-state index in [2.05, 4.69) is 51.3 Å².